The number of methoxy groups -OCH3 is 2. The fraction of sp³-hybridized carbons (Fsp3) is 0.100. The Morgan fingerprint density at radius 1 is 0.889 bits per heavy atom. The van der Waals surface area contributed by atoms with Crippen molar-refractivity contribution in [3.8, 4) is 0 Å². The first-order valence-electron chi connectivity index (χ1n) is 8.02. The number of ether oxygens (including phenoxy) is 2. The summed E-state index contributed by atoms with van der Waals surface area (Å²) in [5.74, 6) is -2.19. The minimum Gasteiger partial charge on any atom is -0.465 e. The topological polar surface area (TPSA) is 91.2 Å². The van der Waals surface area contributed by atoms with Gasteiger partial charge in [0.2, 0.25) is 5.78 Å². The highest BCUT2D eigenvalue weighted by molar-refractivity contribution is 6.31. The number of carbonyl (C=O) groups excluding carboxylic acids is 4. The largest absolute Gasteiger partial charge is 0.465 e. The molecule has 2 aromatic heterocycles. The fourth-order valence-electron chi connectivity index (χ4n) is 3.39. The van der Waals surface area contributed by atoms with Crippen LogP contribution >= 0.6 is 0 Å². The lowest BCUT2D eigenvalue weighted by Crippen LogP contribution is -2.22. The van der Waals surface area contributed by atoms with Crippen molar-refractivity contribution in [2.45, 2.75) is 0 Å². The Labute approximate surface area is 153 Å². The van der Waals surface area contributed by atoms with Crippen LogP contribution < -0.4 is 0 Å². The van der Waals surface area contributed by atoms with Crippen molar-refractivity contribution in [3.63, 3.8) is 0 Å². The average Bonchev–Trinajstić information content (AvgIpc) is 3.05. The van der Waals surface area contributed by atoms with Crippen molar-refractivity contribution in [2.24, 2.45) is 0 Å². The smallest absolute Gasteiger partial charge is 0.340 e. The van der Waals surface area contributed by atoms with Gasteiger partial charge in [0.15, 0.2) is 5.78 Å². The van der Waals surface area contributed by atoms with Crippen molar-refractivity contribution >= 4 is 29.0 Å². The van der Waals surface area contributed by atoms with Gasteiger partial charge >= 0.3 is 11.9 Å². The van der Waals surface area contributed by atoms with E-state index in [2.05, 4.69) is 0 Å². The van der Waals surface area contributed by atoms with Gasteiger partial charge in [0.05, 0.1) is 36.4 Å². The van der Waals surface area contributed by atoms with Crippen molar-refractivity contribution in [3.05, 3.63) is 76.1 Å². The third-order valence-corrected chi connectivity index (χ3v) is 4.61. The van der Waals surface area contributed by atoms with Gasteiger partial charge in [-0.1, -0.05) is 24.3 Å². The summed E-state index contributed by atoms with van der Waals surface area (Å²) in [6.45, 7) is 0. The van der Waals surface area contributed by atoms with E-state index < -0.39 is 17.7 Å². The highest BCUT2D eigenvalue weighted by Gasteiger charge is 2.38. The van der Waals surface area contributed by atoms with Crippen LogP contribution in [0.3, 0.4) is 0 Å². The zero-order valence-electron chi connectivity index (χ0n) is 14.4. The van der Waals surface area contributed by atoms with E-state index in [0.29, 0.717) is 0 Å². The number of nitrogens with zero attached hydrogens (tertiary/aromatic N) is 1. The van der Waals surface area contributed by atoms with Gasteiger partial charge in [-0.2, -0.15) is 0 Å². The fourth-order valence-corrected chi connectivity index (χ4v) is 3.39. The molecule has 0 unspecified atom stereocenters. The van der Waals surface area contributed by atoms with Gasteiger partial charge in [0.1, 0.15) is 5.69 Å². The van der Waals surface area contributed by atoms with E-state index in [1.165, 1.54) is 36.9 Å². The monoisotopic (exact) mass is 363 g/mol. The number of benzene rings is 1. The molecule has 0 bridgehead atoms. The third kappa shape index (κ3) is 2.21. The summed E-state index contributed by atoms with van der Waals surface area (Å²) in [6, 6.07) is 9.29. The van der Waals surface area contributed by atoms with Crippen LogP contribution in [0.1, 0.15) is 52.7 Å². The molecule has 4 rings (SSSR count). The molecule has 0 radical (unpaired) electrons. The van der Waals surface area contributed by atoms with Crippen molar-refractivity contribution in [1.82, 2.24) is 4.40 Å². The van der Waals surface area contributed by atoms with Gasteiger partial charge < -0.3 is 13.9 Å². The van der Waals surface area contributed by atoms with E-state index in [-0.39, 0.29) is 44.8 Å². The minimum atomic E-state index is -0.767. The van der Waals surface area contributed by atoms with Gasteiger partial charge in [-0.3, -0.25) is 9.59 Å². The number of esters is 2. The Morgan fingerprint density at radius 3 is 2.15 bits per heavy atom. The Hall–Kier alpha value is -3.74. The molecule has 0 spiro atoms. The molecule has 0 saturated carbocycles. The maximum absolute atomic E-state index is 13.1. The summed E-state index contributed by atoms with van der Waals surface area (Å²) in [5.41, 5.74) is 0.906. The molecule has 7 heteroatoms. The van der Waals surface area contributed by atoms with Crippen LogP contribution in [0.4, 0.5) is 0 Å². The molecule has 0 N–H and O–H groups in total. The Morgan fingerprint density at radius 2 is 1.52 bits per heavy atom. The number of aromatic nitrogens is 1. The molecular weight excluding hydrogens is 350 g/mol. The number of fused-ring (bicyclic) bond motifs is 4. The first-order valence-corrected chi connectivity index (χ1v) is 8.02. The molecule has 0 amide bonds. The number of hydrogen-bond acceptors (Lipinski definition) is 6. The Balaban J connectivity index is 2.12. The van der Waals surface area contributed by atoms with Crippen molar-refractivity contribution in [2.75, 3.05) is 14.2 Å². The number of hydrogen-bond donors (Lipinski definition) is 0. The van der Waals surface area contributed by atoms with E-state index in [1.54, 1.807) is 24.3 Å². The molecule has 0 saturated heterocycles. The van der Waals surface area contributed by atoms with Crippen LogP contribution in [-0.2, 0) is 9.47 Å². The third-order valence-electron chi connectivity index (χ3n) is 4.61. The Bertz CT molecular complexity index is 1170. The van der Waals surface area contributed by atoms with E-state index in [4.69, 9.17) is 9.47 Å². The standard InChI is InChI=1S/C20H13NO6/c1-26-19(24)10-7-8-21-13(9-10)14(20(25)27-2)15-16(21)18(23)12-6-4-3-5-11(12)17(15)22/h3-9H,1-2H3. The quantitative estimate of drug-likeness (QED) is 0.508. The summed E-state index contributed by atoms with van der Waals surface area (Å²) in [6.07, 6.45) is 1.46. The highest BCUT2D eigenvalue weighted by atomic mass is 16.5. The lowest BCUT2D eigenvalue weighted by molar-refractivity contribution is 0.0590. The van der Waals surface area contributed by atoms with Gasteiger partial charge in [-0.05, 0) is 12.1 Å². The minimum absolute atomic E-state index is 0.0208. The van der Waals surface area contributed by atoms with Gasteiger partial charge in [0.25, 0.3) is 0 Å². The zero-order chi connectivity index (χ0) is 19.3. The number of ketones is 2. The normalized spacial score (nSPS) is 12.5. The number of rotatable bonds is 2. The van der Waals surface area contributed by atoms with Gasteiger partial charge in [0, 0.05) is 17.3 Å². The van der Waals surface area contributed by atoms with E-state index in [1.807, 2.05) is 0 Å². The first kappa shape index (κ1) is 16.7. The molecule has 3 aromatic rings. The second kappa shape index (κ2) is 5.91. The summed E-state index contributed by atoms with van der Waals surface area (Å²) in [5, 5.41) is 0. The molecule has 7 nitrogen and oxygen atoms in total. The van der Waals surface area contributed by atoms with Crippen LogP contribution in [-0.4, -0.2) is 42.1 Å². The average molecular weight is 363 g/mol. The van der Waals surface area contributed by atoms with E-state index in [9.17, 15) is 19.2 Å². The van der Waals surface area contributed by atoms with Crippen LogP contribution in [0.15, 0.2) is 42.6 Å². The van der Waals surface area contributed by atoms with Gasteiger partial charge in [-0.15, -0.1) is 0 Å². The van der Waals surface area contributed by atoms with Crippen LogP contribution in [0.5, 0.6) is 0 Å². The van der Waals surface area contributed by atoms with Crippen LogP contribution in [0.25, 0.3) is 5.52 Å². The predicted molar refractivity (Wildman–Crippen MR) is 93.4 cm³/mol. The van der Waals surface area contributed by atoms with Crippen LogP contribution in [0.2, 0.25) is 0 Å². The van der Waals surface area contributed by atoms with Crippen molar-refractivity contribution < 1.29 is 28.7 Å². The van der Waals surface area contributed by atoms with Crippen molar-refractivity contribution in [1.29, 1.82) is 0 Å². The number of pyridine rings is 1. The summed E-state index contributed by atoms with van der Waals surface area (Å²) < 4.78 is 11.0. The molecule has 1 aliphatic carbocycles. The molecule has 1 aliphatic rings. The van der Waals surface area contributed by atoms with E-state index >= 15 is 0 Å². The zero-order valence-corrected chi connectivity index (χ0v) is 14.4. The predicted octanol–water partition coefficient (Wildman–Crippen LogP) is 2.29. The lowest BCUT2D eigenvalue weighted by Gasteiger charge is -2.15. The molecule has 2 heterocycles. The summed E-state index contributed by atoms with van der Waals surface area (Å²) in [4.78, 5) is 50.5. The molecule has 27 heavy (non-hydrogen) atoms. The molecule has 1 aromatic carbocycles. The second-order valence-electron chi connectivity index (χ2n) is 5.96. The SMILES string of the molecule is COC(=O)c1ccn2c3c(c(C(=O)OC)c2c1)C(=O)c1ccccc1C3=O. The molecule has 0 aliphatic heterocycles. The molecule has 0 fully saturated rings. The number of carbonyl (C=O) groups is 4. The maximum Gasteiger partial charge on any atom is 0.340 e. The molecule has 134 valence electrons. The summed E-state index contributed by atoms with van der Waals surface area (Å²) in [7, 11) is 2.42. The molecular formula is C20H13NO6. The second-order valence-corrected chi connectivity index (χ2v) is 5.96. The lowest BCUT2D eigenvalue weighted by atomic mass is 9.86. The molecule has 0 atom stereocenters. The summed E-state index contributed by atoms with van der Waals surface area (Å²) >= 11 is 0. The Kier molecular flexibility index (Phi) is 3.66. The van der Waals surface area contributed by atoms with Gasteiger partial charge in [-0.25, -0.2) is 9.59 Å². The highest BCUT2D eigenvalue weighted by Crippen LogP contribution is 2.34. The van der Waals surface area contributed by atoms with Crippen LogP contribution in [0, 0.1) is 0 Å². The maximum atomic E-state index is 13.1. The first-order chi connectivity index (χ1) is 13.0. The van der Waals surface area contributed by atoms with E-state index in [0.717, 1.165) is 0 Å².